The summed E-state index contributed by atoms with van der Waals surface area (Å²) in [6.07, 6.45) is 1.05. The van der Waals surface area contributed by atoms with Gasteiger partial charge in [0.1, 0.15) is 0 Å². The number of carbonyl (C=O) groups excluding carboxylic acids is 1. The SMILES string of the molecule is CC(C)N1CC[C@@H](NC(=O)c2ccccc2)C1. The first kappa shape index (κ1) is 12.1. The average molecular weight is 232 g/mol. The number of amides is 1. The molecule has 2 rings (SSSR count). The van der Waals surface area contributed by atoms with Gasteiger partial charge in [-0.15, -0.1) is 0 Å². The summed E-state index contributed by atoms with van der Waals surface area (Å²) in [4.78, 5) is 14.3. The minimum atomic E-state index is 0.0428. The van der Waals surface area contributed by atoms with E-state index in [-0.39, 0.29) is 5.91 Å². The van der Waals surface area contributed by atoms with Crippen molar-refractivity contribution in [3.63, 3.8) is 0 Å². The highest BCUT2D eigenvalue weighted by Gasteiger charge is 2.25. The molecule has 1 aromatic carbocycles. The number of likely N-dealkylation sites (tertiary alicyclic amines) is 1. The van der Waals surface area contributed by atoms with Crippen molar-refractivity contribution in [3.8, 4) is 0 Å². The number of hydrogen-bond acceptors (Lipinski definition) is 2. The standard InChI is InChI=1S/C14H20N2O/c1-11(2)16-9-8-13(10-16)15-14(17)12-6-4-3-5-7-12/h3-7,11,13H,8-10H2,1-2H3,(H,15,17)/t13-/m1/s1. The fraction of sp³-hybridized carbons (Fsp3) is 0.500. The first-order valence-electron chi connectivity index (χ1n) is 6.27. The van der Waals surface area contributed by atoms with Gasteiger partial charge in [0.2, 0.25) is 0 Å². The molecule has 1 fully saturated rings. The van der Waals surface area contributed by atoms with Crippen LogP contribution < -0.4 is 5.32 Å². The molecule has 92 valence electrons. The zero-order valence-corrected chi connectivity index (χ0v) is 10.5. The van der Waals surface area contributed by atoms with Gasteiger partial charge in [-0.25, -0.2) is 0 Å². The Morgan fingerprint density at radius 2 is 2.06 bits per heavy atom. The maximum atomic E-state index is 11.9. The molecule has 0 aromatic heterocycles. The summed E-state index contributed by atoms with van der Waals surface area (Å²) in [6.45, 7) is 6.44. The lowest BCUT2D eigenvalue weighted by atomic mass is 10.2. The fourth-order valence-electron chi connectivity index (χ4n) is 2.23. The highest BCUT2D eigenvalue weighted by Crippen LogP contribution is 2.12. The van der Waals surface area contributed by atoms with Crippen molar-refractivity contribution in [1.29, 1.82) is 0 Å². The van der Waals surface area contributed by atoms with E-state index in [0.717, 1.165) is 25.1 Å². The van der Waals surface area contributed by atoms with E-state index in [1.54, 1.807) is 0 Å². The van der Waals surface area contributed by atoms with E-state index >= 15 is 0 Å². The molecule has 1 heterocycles. The van der Waals surface area contributed by atoms with Crippen LogP contribution in [0.2, 0.25) is 0 Å². The Hall–Kier alpha value is -1.35. The predicted octanol–water partition coefficient (Wildman–Crippen LogP) is 1.90. The van der Waals surface area contributed by atoms with Crippen LogP contribution in [0.25, 0.3) is 0 Å². The van der Waals surface area contributed by atoms with E-state index < -0.39 is 0 Å². The van der Waals surface area contributed by atoms with Gasteiger partial charge < -0.3 is 5.32 Å². The van der Waals surface area contributed by atoms with Crippen molar-refractivity contribution in [2.75, 3.05) is 13.1 Å². The van der Waals surface area contributed by atoms with Crippen LogP contribution in [0, 0.1) is 0 Å². The molecule has 1 amide bonds. The van der Waals surface area contributed by atoms with Gasteiger partial charge in [-0.05, 0) is 32.4 Å². The van der Waals surface area contributed by atoms with Gasteiger partial charge >= 0.3 is 0 Å². The molecule has 1 atom stereocenters. The van der Waals surface area contributed by atoms with E-state index in [0.29, 0.717) is 12.1 Å². The van der Waals surface area contributed by atoms with E-state index in [1.807, 2.05) is 30.3 Å². The van der Waals surface area contributed by atoms with Crippen LogP contribution in [0.3, 0.4) is 0 Å². The molecule has 1 saturated heterocycles. The molecular formula is C14H20N2O. The third kappa shape index (κ3) is 3.07. The summed E-state index contributed by atoms with van der Waals surface area (Å²) < 4.78 is 0. The van der Waals surface area contributed by atoms with Crippen LogP contribution >= 0.6 is 0 Å². The highest BCUT2D eigenvalue weighted by atomic mass is 16.1. The molecule has 1 N–H and O–H groups in total. The van der Waals surface area contributed by atoms with Gasteiger partial charge in [0.15, 0.2) is 0 Å². The molecule has 0 spiro atoms. The summed E-state index contributed by atoms with van der Waals surface area (Å²) >= 11 is 0. The second-order valence-electron chi connectivity index (χ2n) is 4.91. The van der Waals surface area contributed by atoms with Crippen LogP contribution in [0.15, 0.2) is 30.3 Å². The Morgan fingerprint density at radius 3 is 2.65 bits per heavy atom. The van der Waals surface area contributed by atoms with Gasteiger partial charge in [0.25, 0.3) is 5.91 Å². The Morgan fingerprint density at radius 1 is 1.35 bits per heavy atom. The second kappa shape index (κ2) is 5.32. The molecule has 0 saturated carbocycles. The second-order valence-corrected chi connectivity index (χ2v) is 4.91. The molecule has 0 aliphatic carbocycles. The van der Waals surface area contributed by atoms with Gasteiger partial charge in [0.05, 0.1) is 0 Å². The molecule has 1 aliphatic heterocycles. The molecule has 0 radical (unpaired) electrons. The monoisotopic (exact) mass is 232 g/mol. The minimum Gasteiger partial charge on any atom is -0.348 e. The van der Waals surface area contributed by atoms with Crippen molar-refractivity contribution >= 4 is 5.91 Å². The van der Waals surface area contributed by atoms with Crippen molar-refractivity contribution in [2.45, 2.75) is 32.4 Å². The number of hydrogen-bond donors (Lipinski definition) is 1. The zero-order valence-electron chi connectivity index (χ0n) is 10.5. The lowest BCUT2D eigenvalue weighted by Crippen LogP contribution is -2.38. The quantitative estimate of drug-likeness (QED) is 0.863. The third-order valence-corrected chi connectivity index (χ3v) is 3.32. The fourth-order valence-corrected chi connectivity index (χ4v) is 2.23. The molecule has 0 bridgehead atoms. The number of nitrogens with one attached hydrogen (secondary N) is 1. The van der Waals surface area contributed by atoms with Crippen LogP contribution in [0.5, 0.6) is 0 Å². The van der Waals surface area contributed by atoms with Gasteiger partial charge in [-0.3, -0.25) is 9.69 Å². The van der Waals surface area contributed by atoms with Gasteiger partial charge in [-0.2, -0.15) is 0 Å². The van der Waals surface area contributed by atoms with Gasteiger partial charge in [0, 0.05) is 30.7 Å². The first-order valence-corrected chi connectivity index (χ1v) is 6.27. The zero-order chi connectivity index (χ0) is 12.3. The average Bonchev–Trinajstić information content (AvgIpc) is 2.79. The van der Waals surface area contributed by atoms with Crippen LogP contribution in [-0.2, 0) is 0 Å². The van der Waals surface area contributed by atoms with E-state index in [9.17, 15) is 4.79 Å². The lowest BCUT2D eigenvalue weighted by Gasteiger charge is -2.20. The summed E-state index contributed by atoms with van der Waals surface area (Å²) in [6, 6.07) is 10.3. The topological polar surface area (TPSA) is 32.3 Å². The molecule has 1 aromatic rings. The van der Waals surface area contributed by atoms with E-state index in [1.165, 1.54) is 0 Å². The highest BCUT2D eigenvalue weighted by molar-refractivity contribution is 5.94. The smallest absolute Gasteiger partial charge is 0.251 e. The van der Waals surface area contributed by atoms with Crippen LogP contribution in [-0.4, -0.2) is 36.0 Å². The maximum absolute atomic E-state index is 11.9. The molecule has 3 heteroatoms. The lowest BCUT2D eigenvalue weighted by molar-refractivity contribution is 0.0936. The molecule has 0 unspecified atom stereocenters. The van der Waals surface area contributed by atoms with E-state index in [2.05, 4.69) is 24.1 Å². The minimum absolute atomic E-state index is 0.0428. The number of benzene rings is 1. The van der Waals surface area contributed by atoms with Crippen LogP contribution in [0.4, 0.5) is 0 Å². The summed E-state index contributed by atoms with van der Waals surface area (Å²) in [5.74, 6) is 0.0428. The molecule has 1 aliphatic rings. The van der Waals surface area contributed by atoms with Crippen molar-refractivity contribution in [2.24, 2.45) is 0 Å². The van der Waals surface area contributed by atoms with Gasteiger partial charge in [-0.1, -0.05) is 18.2 Å². The molecular weight excluding hydrogens is 212 g/mol. The third-order valence-electron chi connectivity index (χ3n) is 3.32. The predicted molar refractivity (Wildman–Crippen MR) is 69.0 cm³/mol. The van der Waals surface area contributed by atoms with Crippen LogP contribution in [0.1, 0.15) is 30.6 Å². The Labute approximate surface area is 103 Å². The Kier molecular flexibility index (Phi) is 3.79. The maximum Gasteiger partial charge on any atom is 0.251 e. The first-order chi connectivity index (χ1) is 8.16. The molecule has 3 nitrogen and oxygen atoms in total. The summed E-state index contributed by atoms with van der Waals surface area (Å²) in [5.41, 5.74) is 0.746. The molecule has 17 heavy (non-hydrogen) atoms. The Balaban J connectivity index is 1.89. The largest absolute Gasteiger partial charge is 0.348 e. The van der Waals surface area contributed by atoms with E-state index in [4.69, 9.17) is 0 Å². The number of carbonyl (C=O) groups is 1. The van der Waals surface area contributed by atoms with Crippen molar-refractivity contribution in [1.82, 2.24) is 10.2 Å². The summed E-state index contributed by atoms with van der Waals surface area (Å²) in [7, 11) is 0. The normalized spacial score (nSPS) is 20.8. The number of rotatable bonds is 3. The van der Waals surface area contributed by atoms with Crippen molar-refractivity contribution < 1.29 is 4.79 Å². The summed E-state index contributed by atoms with van der Waals surface area (Å²) in [5, 5.41) is 3.10. The Bertz CT molecular complexity index is 375. The van der Waals surface area contributed by atoms with Crippen molar-refractivity contribution in [3.05, 3.63) is 35.9 Å². The number of nitrogens with zero attached hydrogens (tertiary/aromatic N) is 1.